The standard InChI is InChI=1S/C15H28O3/c1-6-15(16)12(2,3)17-14(18-13(15,4)5)10-8-7-9-11-14/h16H,6-11H2,1-5H3. The van der Waals surface area contributed by atoms with Gasteiger partial charge in [-0.25, -0.2) is 0 Å². The monoisotopic (exact) mass is 256 g/mol. The third-order valence-corrected chi connectivity index (χ3v) is 5.00. The van der Waals surface area contributed by atoms with Gasteiger partial charge < -0.3 is 14.6 Å². The molecule has 2 aliphatic rings. The zero-order valence-electron chi connectivity index (χ0n) is 12.5. The van der Waals surface area contributed by atoms with Crippen molar-refractivity contribution in [2.24, 2.45) is 0 Å². The van der Waals surface area contributed by atoms with Gasteiger partial charge in [0.1, 0.15) is 5.60 Å². The van der Waals surface area contributed by atoms with Crippen molar-refractivity contribution in [3.8, 4) is 0 Å². The summed E-state index contributed by atoms with van der Waals surface area (Å²) in [4.78, 5) is 0. The maximum atomic E-state index is 11.0. The summed E-state index contributed by atoms with van der Waals surface area (Å²) >= 11 is 0. The van der Waals surface area contributed by atoms with E-state index in [9.17, 15) is 5.11 Å². The highest BCUT2D eigenvalue weighted by molar-refractivity contribution is 5.10. The highest BCUT2D eigenvalue weighted by Gasteiger charge is 2.63. The van der Waals surface area contributed by atoms with E-state index in [4.69, 9.17) is 9.47 Å². The molecule has 18 heavy (non-hydrogen) atoms. The fourth-order valence-corrected chi connectivity index (χ4v) is 3.99. The fourth-order valence-electron chi connectivity index (χ4n) is 3.99. The third-order valence-electron chi connectivity index (χ3n) is 5.00. The molecule has 0 aromatic rings. The van der Waals surface area contributed by atoms with Crippen LogP contribution in [0, 0.1) is 0 Å². The molecule has 1 saturated heterocycles. The first-order chi connectivity index (χ1) is 8.18. The second-order valence-corrected chi connectivity index (χ2v) is 6.91. The molecule has 0 radical (unpaired) electrons. The first-order valence-electron chi connectivity index (χ1n) is 7.31. The van der Waals surface area contributed by atoms with Gasteiger partial charge in [0, 0.05) is 12.8 Å². The second-order valence-electron chi connectivity index (χ2n) is 6.91. The number of hydrogen-bond donors (Lipinski definition) is 1. The van der Waals surface area contributed by atoms with Gasteiger partial charge in [0.25, 0.3) is 0 Å². The van der Waals surface area contributed by atoms with E-state index in [1.807, 2.05) is 34.6 Å². The van der Waals surface area contributed by atoms with Gasteiger partial charge in [-0.15, -0.1) is 0 Å². The van der Waals surface area contributed by atoms with Crippen LogP contribution in [0.15, 0.2) is 0 Å². The van der Waals surface area contributed by atoms with E-state index in [1.165, 1.54) is 6.42 Å². The zero-order chi connectivity index (χ0) is 13.7. The van der Waals surface area contributed by atoms with Crippen molar-refractivity contribution >= 4 is 0 Å². The van der Waals surface area contributed by atoms with E-state index in [-0.39, 0.29) is 0 Å². The average molecular weight is 256 g/mol. The van der Waals surface area contributed by atoms with Crippen molar-refractivity contribution in [3.05, 3.63) is 0 Å². The maximum absolute atomic E-state index is 11.0. The van der Waals surface area contributed by atoms with Crippen LogP contribution >= 0.6 is 0 Å². The first-order valence-corrected chi connectivity index (χ1v) is 7.31. The van der Waals surface area contributed by atoms with Crippen LogP contribution in [0.2, 0.25) is 0 Å². The molecule has 0 unspecified atom stereocenters. The Labute approximate surface area is 111 Å². The Morgan fingerprint density at radius 1 is 0.889 bits per heavy atom. The van der Waals surface area contributed by atoms with Crippen LogP contribution in [-0.4, -0.2) is 27.7 Å². The SMILES string of the molecule is CCC1(O)C(C)(C)OC2(CCCCC2)OC1(C)C. The molecule has 106 valence electrons. The lowest BCUT2D eigenvalue weighted by Crippen LogP contribution is -2.73. The van der Waals surface area contributed by atoms with Crippen molar-refractivity contribution in [1.29, 1.82) is 0 Å². The quantitative estimate of drug-likeness (QED) is 0.781. The molecule has 1 N–H and O–H groups in total. The van der Waals surface area contributed by atoms with Crippen molar-refractivity contribution in [2.45, 2.75) is 95.7 Å². The summed E-state index contributed by atoms with van der Waals surface area (Å²) < 4.78 is 12.5. The van der Waals surface area contributed by atoms with Gasteiger partial charge in [0.15, 0.2) is 5.79 Å². The van der Waals surface area contributed by atoms with E-state index < -0.39 is 22.6 Å². The molecule has 1 aliphatic heterocycles. The second kappa shape index (κ2) is 4.19. The summed E-state index contributed by atoms with van der Waals surface area (Å²) in [6.07, 6.45) is 6.07. The highest BCUT2D eigenvalue weighted by Crippen LogP contribution is 2.52. The zero-order valence-corrected chi connectivity index (χ0v) is 12.5. The van der Waals surface area contributed by atoms with Crippen LogP contribution in [0.25, 0.3) is 0 Å². The van der Waals surface area contributed by atoms with Crippen molar-refractivity contribution < 1.29 is 14.6 Å². The Kier molecular flexibility index (Phi) is 3.33. The minimum absolute atomic E-state index is 0.480. The summed E-state index contributed by atoms with van der Waals surface area (Å²) in [5.41, 5.74) is -2.12. The van der Waals surface area contributed by atoms with Gasteiger partial charge in [-0.1, -0.05) is 13.3 Å². The van der Waals surface area contributed by atoms with E-state index in [1.54, 1.807) is 0 Å². The van der Waals surface area contributed by atoms with Crippen molar-refractivity contribution in [2.75, 3.05) is 0 Å². The molecule has 0 aromatic heterocycles. The van der Waals surface area contributed by atoms with Crippen LogP contribution in [0.1, 0.15) is 73.1 Å². The van der Waals surface area contributed by atoms with Crippen molar-refractivity contribution in [1.82, 2.24) is 0 Å². The van der Waals surface area contributed by atoms with E-state index in [0.717, 1.165) is 25.7 Å². The molecule has 0 bridgehead atoms. The molecule has 3 heteroatoms. The largest absolute Gasteiger partial charge is 0.384 e. The minimum Gasteiger partial charge on any atom is -0.384 e. The number of rotatable bonds is 1. The summed E-state index contributed by atoms with van der Waals surface area (Å²) in [5, 5.41) is 11.0. The van der Waals surface area contributed by atoms with E-state index in [0.29, 0.717) is 6.42 Å². The summed E-state index contributed by atoms with van der Waals surface area (Å²) in [7, 11) is 0. The number of aliphatic hydroxyl groups is 1. The minimum atomic E-state index is -0.956. The lowest BCUT2D eigenvalue weighted by Gasteiger charge is -2.62. The van der Waals surface area contributed by atoms with Crippen LogP contribution in [0.4, 0.5) is 0 Å². The molecule has 0 atom stereocenters. The first kappa shape index (κ1) is 14.3. The Morgan fingerprint density at radius 3 is 1.72 bits per heavy atom. The Hall–Kier alpha value is -0.120. The normalized spacial score (nSPS) is 32.3. The van der Waals surface area contributed by atoms with Crippen LogP contribution in [0.3, 0.4) is 0 Å². The molecule has 0 amide bonds. The average Bonchev–Trinajstić information content (AvgIpc) is 2.25. The Balaban J connectivity index is 2.35. The molecular formula is C15H28O3. The van der Waals surface area contributed by atoms with Gasteiger partial charge in [0.05, 0.1) is 11.2 Å². The molecule has 2 fully saturated rings. The van der Waals surface area contributed by atoms with Crippen LogP contribution < -0.4 is 0 Å². The van der Waals surface area contributed by atoms with E-state index >= 15 is 0 Å². The molecule has 1 saturated carbocycles. The predicted octanol–water partition coefficient (Wildman–Crippen LogP) is 3.39. The fraction of sp³-hybridized carbons (Fsp3) is 1.00. The summed E-state index contributed by atoms with van der Waals surface area (Å²) in [5.74, 6) is -0.480. The topological polar surface area (TPSA) is 38.7 Å². The molecule has 1 aliphatic carbocycles. The maximum Gasteiger partial charge on any atom is 0.170 e. The van der Waals surface area contributed by atoms with E-state index in [2.05, 4.69) is 0 Å². The molecule has 1 spiro atoms. The number of hydrogen-bond acceptors (Lipinski definition) is 3. The molecule has 3 nitrogen and oxygen atoms in total. The molecule has 1 heterocycles. The van der Waals surface area contributed by atoms with Crippen LogP contribution in [0.5, 0.6) is 0 Å². The van der Waals surface area contributed by atoms with Gasteiger partial charge in [-0.3, -0.25) is 0 Å². The third kappa shape index (κ3) is 1.91. The number of ether oxygens (including phenoxy) is 2. The van der Waals surface area contributed by atoms with Crippen molar-refractivity contribution in [3.63, 3.8) is 0 Å². The summed E-state index contributed by atoms with van der Waals surface area (Å²) in [6, 6.07) is 0. The van der Waals surface area contributed by atoms with Gasteiger partial charge >= 0.3 is 0 Å². The predicted molar refractivity (Wildman–Crippen MR) is 71.4 cm³/mol. The molecule has 0 aromatic carbocycles. The highest BCUT2D eigenvalue weighted by atomic mass is 16.7. The molecule has 2 rings (SSSR count). The lowest BCUT2D eigenvalue weighted by molar-refractivity contribution is -0.434. The molecular weight excluding hydrogens is 228 g/mol. The van der Waals surface area contributed by atoms with Crippen LogP contribution in [-0.2, 0) is 9.47 Å². The Bertz CT molecular complexity index is 294. The van der Waals surface area contributed by atoms with Gasteiger partial charge in [-0.2, -0.15) is 0 Å². The van der Waals surface area contributed by atoms with Gasteiger partial charge in [-0.05, 0) is 47.0 Å². The van der Waals surface area contributed by atoms with Gasteiger partial charge in [0.2, 0.25) is 0 Å². The Morgan fingerprint density at radius 2 is 1.33 bits per heavy atom. The smallest absolute Gasteiger partial charge is 0.170 e. The summed E-state index contributed by atoms with van der Waals surface area (Å²) in [6.45, 7) is 9.98. The lowest BCUT2D eigenvalue weighted by atomic mass is 9.70.